The van der Waals surface area contributed by atoms with Gasteiger partial charge in [0.05, 0.1) is 38.8 Å². The first-order valence-electron chi connectivity index (χ1n) is 8.93. The van der Waals surface area contributed by atoms with Gasteiger partial charge in [0.25, 0.3) is 0 Å². The fraction of sp³-hybridized carbons (Fsp3) is 0.227. The number of nitrogens with zero attached hydrogens (tertiary/aromatic N) is 2. The van der Waals surface area contributed by atoms with Crippen LogP contribution in [0.15, 0.2) is 59.7 Å². The quantitative estimate of drug-likeness (QED) is 0.665. The fourth-order valence-electron chi connectivity index (χ4n) is 3.57. The van der Waals surface area contributed by atoms with E-state index in [0.29, 0.717) is 23.8 Å². The molecule has 0 saturated heterocycles. The number of ether oxygens (including phenoxy) is 3. The summed E-state index contributed by atoms with van der Waals surface area (Å²) in [6.07, 6.45) is 2.01. The Kier molecular flexibility index (Phi) is 4.77. The molecule has 0 radical (unpaired) electrons. The number of hydrogen-bond acceptors (Lipinski definition) is 4. The first-order chi connectivity index (χ1) is 13.6. The molecule has 1 unspecified atom stereocenters. The normalized spacial score (nSPS) is 15.6. The van der Waals surface area contributed by atoms with E-state index in [2.05, 4.69) is 4.57 Å². The van der Waals surface area contributed by atoms with Crippen molar-refractivity contribution in [3.05, 3.63) is 77.4 Å². The Bertz CT molecular complexity index is 1020. The molecular weight excluding hydrogens is 359 g/mol. The molecule has 0 amide bonds. The first-order valence-corrected chi connectivity index (χ1v) is 8.93. The first kappa shape index (κ1) is 18.1. The van der Waals surface area contributed by atoms with Crippen molar-refractivity contribution in [1.29, 1.82) is 0 Å². The standard InChI is InChI=1S/C22H21FN2O3/c1-26-19-11-15(12-20(27-2)22(19)28-3)21-18-8-5-9-25(18)13-17(24-21)14-6-4-7-16(23)10-14/h4-12,17H,13H2,1-3H3. The maximum absolute atomic E-state index is 13.8. The molecule has 1 aliphatic heterocycles. The van der Waals surface area contributed by atoms with E-state index in [-0.39, 0.29) is 11.9 Å². The van der Waals surface area contributed by atoms with Gasteiger partial charge in [0.2, 0.25) is 5.75 Å². The summed E-state index contributed by atoms with van der Waals surface area (Å²) in [5.41, 5.74) is 3.46. The Labute approximate surface area is 163 Å². The van der Waals surface area contributed by atoms with E-state index in [1.165, 1.54) is 12.1 Å². The van der Waals surface area contributed by atoms with E-state index >= 15 is 0 Å². The van der Waals surface area contributed by atoms with Crippen molar-refractivity contribution in [2.24, 2.45) is 4.99 Å². The summed E-state index contributed by atoms with van der Waals surface area (Å²) in [7, 11) is 4.74. The SMILES string of the molecule is COc1cc(C2=NC(c3cccc(F)c3)Cn3cccc32)cc(OC)c1OC. The van der Waals surface area contributed by atoms with E-state index in [0.717, 1.165) is 22.5 Å². The lowest BCUT2D eigenvalue weighted by Gasteiger charge is -2.25. The largest absolute Gasteiger partial charge is 0.493 e. The predicted molar refractivity (Wildman–Crippen MR) is 105 cm³/mol. The molecule has 0 bridgehead atoms. The van der Waals surface area contributed by atoms with Crippen LogP contribution in [0, 0.1) is 5.82 Å². The lowest BCUT2D eigenvalue weighted by atomic mass is 10.0. The van der Waals surface area contributed by atoms with E-state index in [4.69, 9.17) is 19.2 Å². The van der Waals surface area contributed by atoms with Gasteiger partial charge >= 0.3 is 0 Å². The van der Waals surface area contributed by atoms with Crippen molar-refractivity contribution in [1.82, 2.24) is 4.57 Å². The van der Waals surface area contributed by atoms with Crippen molar-refractivity contribution in [3.8, 4) is 17.2 Å². The van der Waals surface area contributed by atoms with Crippen LogP contribution in [0.5, 0.6) is 17.2 Å². The summed E-state index contributed by atoms with van der Waals surface area (Å²) in [6, 6.07) is 14.2. The highest BCUT2D eigenvalue weighted by Crippen LogP contribution is 2.40. The van der Waals surface area contributed by atoms with Crippen LogP contribution in [0.25, 0.3) is 0 Å². The zero-order valence-corrected chi connectivity index (χ0v) is 16.0. The van der Waals surface area contributed by atoms with Gasteiger partial charge in [-0.3, -0.25) is 4.99 Å². The number of aromatic nitrogens is 1. The Morgan fingerprint density at radius 1 is 0.964 bits per heavy atom. The molecule has 0 fully saturated rings. The monoisotopic (exact) mass is 380 g/mol. The van der Waals surface area contributed by atoms with Crippen molar-refractivity contribution in [3.63, 3.8) is 0 Å². The smallest absolute Gasteiger partial charge is 0.203 e. The molecular formula is C22H21FN2O3. The molecule has 3 aromatic rings. The molecule has 0 saturated carbocycles. The Morgan fingerprint density at radius 2 is 1.71 bits per heavy atom. The number of fused-ring (bicyclic) bond motifs is 1. The second-order valence-corrected chi connectivity index (χ2v) is 6.51. The highest BCUT2D eigenvalue weighted by molar-refractivity contribution is 6.13. The second kappa shape index (κ2) is 7.38. The van der Waals surface area contributed by atoms with Gasteiger partial charge in [-0.25, -0.2) is 4.39 Å². The molecule has 2 heterocycles. The van der Waals surface area contributed by atoms with Gasteiger partial charge in [-0.15, -0.1) is 0 Å². The third-order valence-electron chi connectivity index (χ3n) is 4.90. The number of benzene rings is 2. The molecule has 1 atom stereocenters. The van der Waals surface area contributed by atoms with Gasteiger partial charge < -0.3 is 18.8 Å². The molecule has 6 heteroatoms. The minimum absolute atomic E-state index is 0.190. The van der Waals surface area contributed by atoms with Crippen LogP contribution in [-0.2, 0) is 6.54 Å². The third kappa shape index (κ3) is 3.11. The van der Waals surface area contributed by atoms with E-state index in [1.807, 2.05) is 36.5 Å². The van der Waals surface area contributed by atoms with E-state index < -0.39 is 0 Å². The Morgan fingerprint density at radius 3 is 2.36 bits per heavy atom. The summed E-state index contributed by atoms with van der Waals surface area (Å²) in [4.78, 5) is 4.96. The zero-order valence-electron chi connectivity index (χ0n) is 16.0. The number of aliphatic imine (C=N–C) groups is 1. The van der Waals surface area contributed by atoms with Crippen LogP contribution in [0.3, 0.4) is 0 Å². The Balaban J connectivity index is 1.87. The van der Waals surface area contributed by atoms with Gasteiger partial charge in [0.15, 0.2) is 11.5 Å². The third-order valence-corrected chi connectivity index (χ3v) is 4.90. The molecule has 144 valence electrons. The Hall–Kier alpha value is -3.28. The maximum Gasteiger partial charge on any atom is 0.203 e. The van der Waals surface area contributed by atoms with E-state index in [9.17, 15) is 4.39 Å². The fourth-order valence-corrected chi connectivity index (χ4v) is 3.57. The summed E-state index contributed by atoms with van der Waals surface area (Å²) < 4.78 is 32.3. The molecule has 0 aliphatic carbocycles. The average Bonchev–Trinajstić information content (AvgIpc) is 3.20. The van der Waals surface area contributed by atoms with E-state index in [1.54, 1.807) is 27.4 Å². The van der Waals surface area contributed by atoms with Gasteiger partial charge in [-0.2, -0.15) is 0 Å². The lowest BCUT2D eigenvalue weighted by molar-refractivity contribution is 0.324. The molecule has 5 nitrogen and oxygen atoms in total. The summed E-state index contributed by atoms with van der Waals surface area (Å²) >= 11 is 0. The highest BCUT2D eigenvalue weighted by atomic mass is 19.1. The summed E-state index contributed by atoms with van der Waals surface area (Å²) in [5.74, 6) is 1.39. The van der Waals surface area contributed by atoms with Crippen LogP contribution >= 0.6 is 0 Å². The van der Waals surface area contributed by atoms with Crippen molar-refractivity contribution >= 4 is 5.71 Å². The van der Waals surface area contributed by atoms with Crippen LogP contribution in [0.1, 0.15) is 22.9 Å². The molecule has 1 aliphatic rings. The maximum atomic E-state index is 13.8. The minimum Gasteiger partial charge on any atom is -0.493 e. The molecule has 0 spiro atoms. The molecule has 1 aromatic heterocycles. The van der Waals surface area contributed by atoms with Gasteiger partial charge in [-0.1, -0.05) is 12.1 Å². The van der Waals surface area contributed by atoms with Crippen molar-refractivity contribution in [2.75, 3.05) is 21.3 Å². The van der Waals surface area contributed by atoms with Crippen LogP contribution < -0.4 is 14.2 Å². The van der Waals surface area contributed by atoms with Crippen molar-refractivity contribution < 1.29 is 18.6 Å². The molecule has 0 N–H and O–H groups in total. The lowest BCUT2D eigenvalue weighted by Crippen LogP contribution is -2.21. The van der Waals surface area contributed by atoms with Crippen LogP contribution in [0.2, 0.25) is 0 Å². The number of hydrogen-bond donors (Lipinski definition) is 0. The number of methoxy groups -OCH3 is 3. The van der Waals surface area contributed by atoms with Crippen molar-refractivity contribution in [2.45, 2.75) is 12.6 Å². The molecule has 2 aromatic carbocycles. The predicted octanol–water partition coefficient (Wildman–Crippen LogP) is 4.25. The highest BCUT2D eigenvalue weighted by Gasteiger charge is 2.25. The van der Waals surface area contributed by atoms with Gasteiger partial charge in [-0.05, 0) is 42.0 Å². The topological polar surface area (TPSA) is 45.0 Å². The zero-order chi connectivity index (χ0) is 19.7. The molecule has 28 heavy (non-hydrogen) atoms. The second-order valence-electron chi connectivity index (χ2n) is 6.51. The van der Waals surface area contributed by atoms with Crippen LogP contribution in [0.4, 0.5) is 4.39 Å². The number of halogens is 1. The van der Waals surface area contributed by atoms with Gasteiger partial charge in [0, 0.05) is 18.3 Å². The van der Waals surface area contributed by atoms with Crippen LogP contribution in [-0.4, -0.2) is 31.6 Å². The average molecular weight is 380 g/mol. The molecule has 4 rings (SSSR count). The van der Waals surface area contributed by atoms with Gasteiger partial charge in [0.1, 0.15) is 5.82 Å². The minimum atomic E-state index is -0.264. The summed E-state index contributed by atoms with van der Waals surface area (Å²) in [5, 5.41) is 0. The summed E-state index contributed by atoms with van der Waals surface area (Å²) in [6.45, 7) is 0.652. The number of rotatable bonds is 5.